The standard InChI is InChI=1S/C16H13NO6/c1-9(18)23-12-5-2-10(3-6-12)15(20)17-13-7-4-11(16(21)22)8-14(13)19/h2-8,19H,1H3,(H,17,20)(H,21,22). The zero-order valence-corrected chi connectivity index (χ0v) is 12.1. The number of carboxylic acid groups (broad SMARTS) is 1. The summed E-state index contributed by atoms with van der Waals surface area (Å²) in [6.45, 7) is 1.27. The Bertz CT molecular complexity index is 767. The van der Waals surface area contributed by atoms with E-state index >= 15 is 0 Å². The number of hydrogen-bond acceptors (Lipinski definition) is 5. The topological polar surface area (TPSA) is 113 Å². The van der Waals surface area contributed by atoms with Gasteiger partial charge in [-0.15, -0.1) is 0 Å². The molecule has 0 aliphatic rings. The van der Waals surface area contributed by atoms with Crippen molar-refractivity contribution in [3.63, 3.8) is 0 Å². The van der Waals surface area contributed by atoms with E-state index in [1.807, 2.05) is 0 Å². The van der Waals surface area contributed by atoms with E-state index in [9.17, 15) is 19.5 Å². The number of hydrogen-bond donors (Lipinski definition) is 3. The Kier molecular flexibility index (Phi) is 4.61. The number of carbonyl (C=O) groups is 3. The van der Waals surface area contributed by atoms with E-state index in [1.165, 1.54) is 43.3 Å². The second-order valence-corrected chi connectivity index (χ2v) is 4.61. The fraction of sp³-hybridized carbons (Fsp3) is 0.0625. The van der Waals surface area contributed by atoms with Gasteiger partial charge in [0.05, 0.1) is 11.3 Å². The van der Waals surface area contributed by atoms with Gasteiger partial charge in [0.25, 0.3) is 5.91 Å². The molecule has 0 saturated heterocycles. The Balaban J connectivity index is 2.12. The van der Waals surface area contributed by atoms with Crippen molar-refractivity contribution in [1.29, 1.82) is 0 Å². The van der Waals surface area contributed by atoms with Crippen molar-refractivity contribution in [2.24, 2.45) is 0 Å². The SMILES string of the molecule is CC(=O)Oc1ccc(C(=O)Nc2ccc(C(=O)O)cc2O)cc1. The van der Waals surface area contributed by atoms with Crippen molar-refractivity contribution in [1.82, 2.24) is 0 Å². The van der Waals surface area contributed by atoms with Crippen molar-refractivity contribution in [3.05, 3.63) is 53.6 Å². The monoisotopic (exact) mass is 315 g/mol. The summed E-state index contributed by atoms with van der Waals surface area (Å²) in [5, 5.41) is 21.0. The molecule has 7 heteroatoms. The number of phenols is 1. The molecule has 7 nitrogen and oxygen atoms in total. The maximum Gasteiger partial charge on any atom is 0.335 e. The Labute approximate surface area is 131 Å². The molecule has 0 bridgehead atoms. The highest BCUT2D eigenvalue weighted by atomic mass is 16.5. The third kappa shape index (κ3) is 4.07. The van der Waals surface area contributed by atoms with E-state index in [0.29, 0.717) is 5.75 Å². The summed E-state index contributed by atoms with van der Waals surface area (Å²) in [6, 6.07) is 9.44. The number of carbonyl (C=O) groups excluding carboxylic acids is 2. The van der Waals surface area contributed by atoms with Gasteiger partial charge in [-0.3, -0.25) is 9.59 Å². The van der Waals surface area contributed by atoms with E-state index in [4.69, 9.17) is 9.84 Å². The molecule has 0 aliphatic heterocycles. The molecule has 2 rings (SSSR count). The Morgan fingerprint density at radius 1 is 1.00 bits per heavy atom. The normalized spacial score (nSPS) is 9.96. The number of aromatic hydroxyl groups is 1. The van der Waals surface area contributed by atoms with E-state index in [2.05, 4.69) is 5.32 Å². The molecule has 3 N–H and O–H groups in total. The summed E-state index contributed by atoms with van der Waals surface area (Å²) in [4.78, 5) is 33.7. The molecule has 0 atom stereocenters. The predicted octanol–water partition coefficient (Wildman–Crippen LogP) is 2.27. The summed E-state index contributed by atoms with van der Waals surface area (Å²) in [7, 11) is 0. The smallest absolute Gasteiger partial charge is 0.335 e. The Hall–Kier alpha value is -3.35. The van der Waals surface area contributed by atoms with Crippen LogP contribution in [0.4, 0.5) is 5.69 Å². The molecule has 118 valence electrons. The summed E-state index contributed by atoms with van der Waals surface area (Å²) < 4.78 is 4.86. The number of aromatic carboxylic acids is 1. The van der Waals surface area contributed by atoms with Crippen molar-refractivity contribution in [2.45, 2.75) is 6.92 Å². The molecular formula is C16H13NO6. The molecular weight excluding hydrogens is 302 g/mol. The Morgan fingerprint density at radius 3 is 2.13 bits per heavy atom. The third-order valence-corrected chi connectivity index (χ3v) is 2.87. The number of esters is 1. The van der Waals surface area contributed by atoms with Crippen LogP contribution < -0.4 is 10.1 Å². The van der Waals surface area contributed by atoms with Crippen LogP contribution in [-0.4, -0.2) is 28.1 Å². The maximum absolute atomic E-state index is 12.1. The molecule has 0 aromatic heterocycles. The largest absolute Gasteiger partial charge is 0.506 e. The lowest BCUT2D eigenvalue weighted by atomic mass is 10.1. The quantitative estimate of drug-likeness (QED) is 0.453. The zero-order chi connectivity index (χ0) is 17.0. The fourth-order valence-electron chi connectivity index (χ4n) is 1.81. The maximum atomic E-state index is 12.1. The molecule has 0 spiro atoms. The number of benzene rings is 2. The van der Waals surface area contributed by atoms with Gasteiger partial charge >= 0.3 is 11.9 Å². The highest BCUT2D eigenvalue weighted by molar-refractivity contribution is 6.05. The lowest BCUT2D eigenvalue weighted by Crippen LogP contribution is -2.12. The molecule has 0 radical (unpaired) electrons. The second-order valence-electron chi connectivity index (χ2n) is 4.61. The highest BCUT2D eigenvalue weighted by Gasteiger charge is 2.12. The van der Waals surface area contributed by atoms with Crippen molar-refractivity contribution < 1.29 is 29.3 Å². The fourth-order valence-corrected chi connectivity index (χ4v) is 1.81. The lowest BCUT2D eigenvalue weighted by Gasteiger charge is -2.08. The van der Waals surface area contributed by atoms with Crippen molar-refractivity contribution in [3.8, 4) is 11.5 Å². The van der Waals surface area contributed by atoms with Crippen LogP contribution in [0.1, 0.15) is 27.6 Å². The van der Waals surface area contributed by atoms with Gasteiger partial charge in [0, 0.05) is 12.5 Å². The third-order valence-electron chi connectivity index (χ3n) is 2.87. The van der Waals surface area contributed by atoms with E-state index in [-0.39, 0.29) is 22.6 Å². The van der Waals surface area contributed by atoms with E-state index < -0.39 is 17.8 Å². The van der Waals surface area contributed by atoms with E-state index in [1.54, 1.807) is 0 Å². The number of carboxylic acids is 1. The minimum absolute atomic E-state index is 0.0871. The average Bonchev–Trinajstić information content (AvgIpc) is 2.49. The van der Waals surface area contributed by atoms with Gasteiger partial charge in [-0.1, -0.05) is 0 Å². The molecule has 0 heterocycles. The van der Waals surface area contributed by atoms with Gasteiger partial charge in [0.1, 0.15) is 11.5 Å². The van der Waals surface area contributed by atoms with Crippen LogP contribution in [0.15, 0.2) is 42.5 Å². The first-order chi connectivity index (χ1) is 10.9. The van der Waals surface area contributed by atoms with Gasteiger partial charge in [-0.2, -0.15) is 0 Å². The van der Waals surface area contributed by atoms with Gasteiger partial charge < -0.3 is 20.3 Å². The first-order valence-corrected chi connectivity index (χ1v) is 6.53. The zero-order valence-electron chi connectivity index (χ0n) is 12.1. The summed E-state index contributed by atoms with van der Waals surface area (Å²) in [6.07, 6.45) is 0. The van der Waals surface area contributed by atoms with Gasteiger partial charge in [0.2, 0.25) is 0 Å². The van der Waals surface area contributed by atoms with Crippen LogP contribution in [0.25, 0.3) is 0 Å². The van der Waals surface area contributed by atoms with Crippen LogP contribution >= 0.6 is 0 Å². The lowest BCUT2D eigenvalue weighted by molar-refractivity contribution is -0.131. The van der Waals surface area contributed by atoms with Crippen LogP contribution in [0, 0.1) is 0 Å². The van der Waals surface area contributed by atoms with Crippen molar-refractivity contribution >= 4 is 23.5 Å². The number of rotatable bonds is 4. The molecule has 0 fully saturated rings. The Morgan fingerprint density at radius 2 is 1.61 bits per heavy atom. The summed E-state index contributed by atoms with van der Waals surface area (Å²) in [5.74, 6) is -2.19. The van der Waals surface area contributed by atoms with Gasteiger partial charge in [-0.25, -0.2) is 4.79 Å². The first-order valence-electron chi connectivity index (χ1n) is 6.53. The predicted molar refractivity (Wildman–Crippen MR) is 80.8 cm³/mol. The van der Waals surface area contributed by atoms with Crippen LogP contribution in [0.3, 0.4) is 0 Å². The minimum atomic E-state index is -1.18. The second kappa shape index (κ2) is 6.61. The number of amides is 1. The number of ether oxygens (including phenoxy) is 1. The molecule has 23 heavy (non-hydrogen) atoms. The van der Waals surface area contributed by atoms with Crippen LogP contribution in [-0.2, 0) is 4.79 Å². The molecule has 2 aromatic carbocycles. The van der Waals surface area contributed by atoms with Crippen molar-refractivity contribution in [2.75, 3.05) is 5.32 Å². The summed E-state index contributed by atoms with van der Waals surface area (Å²) >= 11 is 0. The molecule has 2 aromatic rings. The van der Waals surface area contributed by atoms with Gasteiger partial charge in [-0.05, 0) is 42.5 Å². The molecule has 0 aliphatic carbocycles. The number of phenolic OH excluding ortho intramolecular Hbond substituents is 1. The minimum Gasteiger partial charge on any atom is -0.506 e. The van der Waals surface area contributed by atoms with Crippen LogP contribution in [0.2, 0.25) is 0 Å². The average molecular weight is 315 g/mol. The molecule has 1 amide bonds. The van der Waals surface area contributed by atoms with Gasteiger partial charge in [0.15, 0.2) is 0 Å². The first kappa shape index (κ1) is 16.0. The number of anilines is 1. The molecule has 0 unspecified atom stereocenters. The van der Waals surface area contributed by atoms with E-state index in [0.717, 1.165) is 6.07 Å². The highest BCUT2D eigenvalue weighted by Crippen LogP contribution is 2.25. The number of nitrogens with one attached hydrogen (secondary N) is 1. The van der Waals surface area contributed by atoms with Crippen LogP contribution in [0.5, 0.6) is 11.5 Å². The summed E-state index contributed by atoms with van der Waals surface area (Å²) in [5.41, 5.74) is 0.276. The molecule has 0 saturated carbocycles.